The van der Waals surface area contributed by atoms with Crippen molar-refractivity contribution in [3.63, 3.8) is 0 Å². The number of hydrogen-bond donors (Lipinski definition) is 1. The molecule has 1 aliphatic heterocycles. The number of benzene rings is 2. The molecule has 0 saturated carbocycles. The topological polar surface area (TPSA) is 58.6 Å². The Balaban J connectivity index is 1.83. The van der Waals surface area contributed by atoms with Crippen molar-refractivity contribution in [2.75, 3.05) is 12.4 Å². The SMILES string of the molecule is COc1cccc(NC(=O)N2C=CC(=O)CC2c2ccc(F)cc2)c1. The van der Waals surface area contributed by atoms with Crippen LogP contribution in [0, 0.1) is 5.82 Å². The van der Waals surface area contributed by atoms with Gasteiger partial charge in [0.1, 0.15) is 11.6 Å². The second-order valence-electron chi connectivity index (χ2n) is 5.62. The molecule has 0 bridgehead atoms. The van der Waals surface area contributed by atoms with Crippen LogP contribution >= 0.6 is 0 Å². The van der Waals surface area contributed by atoms with Crippen LogP contribution in [0.4, 0.5) is 14.9 Å². The standard InChI is InChI=1S/C19H17FN2O3/c1-25-17-4-2-3-15(11-17)21-19(24)22-10-9-16(23)12-18(22)13-5-7-14(20)8-6-13/h2-11,18H,12H2,1H3,(H,21,24). The summed E-state index contributed by atoms with van der Waals surface area (Å²) in [5, 5.41) is 2.78. The number of urea groups is 1. The molecule has 1 heterocycles. The van der Waals surface area contributed by atoms with E-state index in [0.29, 0.717) is 17.0 Å². The Bertz CT molecular complexity index is 818. The van der Waals surface area contributed by atoms with E-state index >= 15 is 0 Å². The number of ether oxygens (including phenoxy) is 1. The molecule has 2 amide bonds. The molecule has 25 heavy (non-hydrogen) atoms. The summed E-state index contributed by atoms with van der Waals surface area (Å²) in [5.74, 6) is 0.172. The van der Waals surface area contributed by atoms with Gasteiger partial charge in [-0.2, -0.15) is 0 Å². The molecule has 0 fully saturated rings. The van der Waals surface area contributed by atoms with Gasteiger partial charge in [-0.3, -0.25) is 9.69 Å². The molecule has 0 spiro atoms. The van der Waals surface area contributed by atoms with Crippen LogP contribution in [0.3, 0.4) is 0 Å². The molecular formula is C19H17FN2O3. The van der Waals surface area contributed by atoms with Gasteiger partial charge in [-0.05, 0) is 35.9 Å². The predicted octanol–water partition coefficient (Wildman–Crippen LogP) is 3.90. The van der Waals surface area contributed by atoms with Gasteiger partial charge in [0.2, 0.25) is 0 Å². The molecule has 6 heteroatoms. The smallest absolute Gasteiger partial charge is 0.326 e. The van der Waals surface area contributed by atoms with E-state index in [1.807, 2.05) is 0 Å². The Labute approximate surface area is 144 Å². The predicted molar refractivity (Wildman–Crippen MR) is 91.8 cm³/mol. The summed E-state index contributed by atoms with van der Waals surface area (Å²) in [6.07, 6.45) is 2.97. The Kier molecular flexibility index (Phi) is 4.79. The maximum atomic E-state index is 13.2. The summed E-state index contributed by atoms with van der Waals surface area (Å²) in [5.41, 5.74) is 1.27. The van der Waals surface area contributed by atoms with Crippen LogP contribution in [0.1, 0.15) is 18.0 Å². The molecule has 3 rings (SSSR count). The number of halogens is 1. The second-order valence-corrected chi connectivity index (χ2v) is 5.62. The van der Waals surface area contributed by atoms with Crippen molar-refractivity contribution in [1.29, 1.82) is 0 Å². The summed E-state index contributed by atoms with van der Waals surface area (Å²) in [6.45, 7) is 0. The van der Waals surface area contributed by atoms with Crippen molar-refractivity contribution in [2.24, 2.45) is 0 Å². The fraction of sp³-hybridized carbons (Fsp3) is 0.158. The zero-order chi connectivity index (χ0) is 17.8. The summed E-state index contributed by atoms with van der Waals surface area (Å²) in [4.78, 5) is 25.9. The van der Waals surface area contributed by atoms with Gasteiger partial charge in [0.05, 0.1) is 13.2 Å². The van der Waals surface area contributed by atoms with E-state index in [0.717, 1.165) is 0 Å². The van der Waals surface area contributed by atoms with E-state index in [1.165, 1.54) is 29.3 Å². The van der Waals surface area contributed by atoms with Crippen LogP contribution in [-0.2, 0) is 4.79 Å². The minimum atomic E-state index is -0.483. The van der Waals surface area contributed by atoms with Gasteiger partial charge in [0, 0.05) is 24.4 Å². The number of carbonyl (C=O) groups is 2. The normalized spacial score (nSPS) is 16.6. The van der Waals surface area contributed by atoms with Gasteiger partial charge in [-0.15, -0.1) is 0 Å². The third-order valence-electron chi connectivity index (χ3n) is 3.96. The second kappa shape index (κ2) is 7.17. The van der Waals surface area contributed by atoms with Gasteiger partial charge >= 0.3 is 6.03 Å². The minimum absolute atomic E-state index is 0.0836. The van der Waals surface area contributed by atoms with Crippen LogP contribution < -0.4 is 10.1 Å². The summed E-state index contributed by atoms with van der Waals surface area (Å²) in [6, 6.07) is 11.9. The van der Waals surface area contributed by atoms with Crippen LogP contribution in [0.25, 0.3) is 0 Å². The van der Waals surface area contributed by atoms with Gasteiger partial charge < -0.3 is 10.1 Å². The average Bonchev–Trinajstić information content (AvgIpc) is 2.62. The van der Waals surface area contributed by atoms with Gasteiger partial charge in [-0.1, -0.05) is 18.2 Å². The van der Waals surface area contributed by atoms with Crippen molar-refractivity contribution in [3.8, 4) is 5.75 Å². The number of anilines is 1. The van der Waals surface area contributed by atoms with Gasteiger partial charge in [-0.25, -0.2) is 9.18 Å². The van der Waals surface area contributed by atoms with E-state index in [4.69, 9.17) is 4.74 Å². The number of allylic oxidation sites excluding steroid dienone is 1. The van der Waals surface area contributed by atoms with E-state index in [1.54, 1.807) is 43.5 Å². The Morgan fingerprint density at radius 3 is 2.72 bits per heavy atom. The highest BCUT2D eigenvalue weighted by molar-refractivity contribution is 5.96. The van der Waals surface area contributed by atoms with Crippen molar-refractivity contribution in [2.45, 2.75) is 12.5 Å². The zero-order valence-electron chi connectivity index (χ0n) is 13.6. The Morgan fingerprint density at radius 1 is 1.24 bits per heavy atom. The third-order valence-corrected chi connectivity index (χ3v) is 3.96. The molecule has 1 unspecified atom stereocenters. The Morgan fingerprint density at radius 2 is 2.00 bits per heavy atom. The molecule has 5 nitrogen and oxygen atoms in total. The largest absolute Gasteiger partial charge is 0.497 e. The molecular weight excluding hydrogens is 323 g/mol. The van der Waals surface area contributed by atoms with Crippen molar-refractivity contribution in [3.05, 3.63) is 72.2 Å². The number of hydrogen-bond acceptors (Lipinski definition) is 3. The highest BCUT2D eigenvalue weighted by Crippen LogP contribution is 2.29. The van der Waals surface area contributed by atoms with Gasteiger partial charge in [0.25, 0.3) is 0 Å². The minimum Gasteiger partial charge on any atom is -0.497 e. The zero-order valence-corrected chi connectivity index (χ0v) is 13.6. The number of nitrogens with one attached hydrogen (secondary N) is 1. The average molecular weight is 340 g/mol. The number of methoxy groups -OCH3 is 1. The molecule has 1 aliphatic rings. The maximum absolute atomic E-state index is 13.2. The molecule has 2 aromatic carbocycles. The number of carbonyl (C=O) groups excluding carboxylic acids is 2. The number of amides is 2. The first-order valence-corrected chi connectivity index (χ1v) is 7.76. The van der Waals surface area contributed by atoms with Crippen molar-refractivity contribution < 1.29 is 18.7 Å². The molecule has 0 radical (unpaired) electrons. The highest BCUT2D eigenvalue weighted by Gasteiger charge is 2.28. The first kappa shape index (κ1) is 16.7. The van der Waals surface area contributed by atoms with Crippen LogP contribution in [0.15, 0.2) is 60.8 Å². The number of nitrogens with zero attached hydrogens (tertiary/aromatic N) is 1. The third kappa shape index (κ3) is 3.85. The lowest BCUT2D eigenvalue weighted by Crippen LogP contribution is -2.37. The number of ketones is 1. The fourth-order valence-electron chi connectivity index (χ4n) is 2.69. The van der Waals surface area contributed by atoms with E-state index in [9.17, 15) is 14.0 Å². The van der Waals surface area contributed by atoms with Gasteiger partial charge in [0.15, 0.2) is 5.78 Å². The maximum Gasteiger partial charge on any atom is 0.326 e. The van der Waals surface area contributed by atoms with Crippen LogP contribution in [0.5, 0.6) is 5.75 Å². The first-order valence-electron chi connectivity index (χ1n) is 7.76. The highest BCUT2D eigenvalue weighted by atomic mass is 19.1. The van der Waals surface area contributed by atoms with E-state index in [-0.39, 0.29) is 24.1 Å². The number of rotatable bonds is 3. The molecule has 0 saturated heterocycles. The molecule has 0 aromatic heterocycles. The first-order chi connectivity index (χ1) is 12.1. The quantitative estimate of drug-likeness (QED) is 0.922. The Hall–Kier alpha value is -3.15. The lowest BCUT2D eigenvalue weighted by atomic mass is 9.97. The lowest BCUT2D eigenvalue weighted by Gasteiger charge is -2.31. The summed E-state index contributed by atoms with van der Waals surface area (Å²) < 4.78 is 18.3. The molecule has 2 aromatic rings. The fourth-order valence-corrected chi connectivity index (χ4v) is 2.69. The van der Waals surface area contributed by atoms with Crippen LogP contribution in [0.2, 0.25) is 0 Å². The van der Waals surface area contributed by atoms with E-state index < -0.39 is 6.04 Å². The lowest BCUT2D eigenvalue weighted by molar-refractivity contribution is -0.116. The molecule has 1 atom stereocenters. The summed E-state index contributed by atoms with van der Waals surface area (Å²) >= 11 is 0. The van der Waals surface area contributed by atoms with Crippen molar-refractivity contribution >= 4 is 17.5 Å². The van der Waals surface area contributed by atoms with Crippen LogP contribution in [-0.4, -0.2) is 23.8 Å². The molecule has 128 valence electrons. The molecule has 1 N–H and O–H groups in total. The summed E-state index contributed by atoms with van der Waals surface area (Å²) in [7, 11) is 1.55. The van der Waals surface area contributed by atoms with E-state index in [2.05, 4.69) is 5.32 Å². The van der Waals surface area contributed by atoms with Crippen molar-refractivity contribution in [1.82, 2.24) is 4.90 Å². The monoisotopic (exact) mass is 340 g/mol. The molecule has 0 aliphatic carbocycles.